The minimum absolute atomic E-state index is 0.240. The predicted octanol–water partition coefficient (Wildman–Crippen LogP) is 0.949. The Kier molecular flexibility index (Phi) is 3.99. The summed E-state index contributed by atoms with van der Waals surface area (Å²) in [5.74, 6) is -0.240. The van der Waals surface area contributed by atoms with E-state index in [0.717, 1.165) is 5.56 Å². The Labute approximate surface area is 77.7 Å². The summed E-state index contributed by atoms with van der Waals surface area (Å²) >= 11 is 0. The van der Waals surface area contributed by atoms with E-state index < -0.39 is 0 Å². The Hall–Kier alpha value is -1.35. The van der Waals surface area contributed by atoms with Gasteiger partial charge in [0.05, 0.1) is 13.7 Å². The molecule has 0 aliphatic carbocycles. The van der Waals surface area contributed by atoms with E-state index in [1.54, 1.807) is 0 Å². The largest absolute Gasteiger partial charge is 0.468 e. The van der Waals surface area contributed by atoms with Gasteiger partial charge in [-0.15, -0.1) is 0 Å². The maximum Gasteiger partial charge on any atom is 0.319 e. The van der Waals surface area contributed by atoms with E-state index in [9.17, 15) is 4.79 Å². The molecule has 1 aromatic rings. The van der Waals surface area contributed by atoms with Crippen molar-refractivity contribution >= 4 is 5.97 Å². The number of carbonyl (C=O) groups excluding carboxylic acids is 1. The van der Waals surface area contributed by atoms with Gasteiger partial charge in [-0.05, 0) is 5.56 Å². The van der Waals surface area contributed by atoms with E-state index in [4.69, 9.17) is 0 Å². The summed E-state index contributed by atoms with van der Waals surface area (Å²) in [4.78, 5) is 10.7. The van der Waals surface area contributed by atoms with Crippen molar-refractivity contribution in [3.05, 3.63) is 35.9 Å². The van der Waals surface area contributed by atoms with Crippen LogP contribution in [-0.4, -0.2) is 19.6 Å². The molecule has 0 aromatic heterocycles. The molecule has 13 heavy (non-hydrogen) atoms. The van der Waals surface area contributed by atoms with Crippen molar-refractivity contribution in [2.45, 2.75) is 6.54 Å². The number of nitrogens with one attached hydrogen (secondary N) is 1. The fraction of sp³-hybridized carbons (Fsp3) is 0.300. The normalized spacial score (nSPS) is 9.62. The third-order valence-corrected chi connectivity index (χ3v) is 1.67. The molecule has 0 fully saturated rings. The van der Waals surface area contributed by atoms with Crippen LogP contribution in [0.15, 0.2) is 30.3 Å². The zero-order valence-corrected chi connectivity index (χ0v) is 7.62. The molecule has 0 aliphatic heterocycles. The molecule has 0 saturated carbocycles. The van der Waals surface area contributed by atoms with Gasteiger partial charge in [0.1, 0.15) is 0 Å². The Balaban J connectivity index is 2.24. The lowest BCUT2D eigenvalue weighted by Gasteiger charge is -2.02. The van der Waals surface area contributed by atoms with Crippen LogP contribution in [0.4, 0.5) is 0 Å². The van der Waals surface area contributed by atoms with Crippen molar-refractivity contribution in [3.8, 4) is 0 Å². The summed E-state index contributed by atoms with van der Waals surface area (Å²) in [7, 11) is 1.38. The summed E-state index contributed by atoms with van der Waals surface area (Å²) in [6.45, 7) is 0.946. The Morgan fingerprint density at radius 3 is 2.69 bits per heavy atom. The fourth-order valence-corrected chi connectivity index (χ4v) is 0.977. The van der Waals surface area contributed by atoms with Crippen LogP contribution >= 0.6 is 0 Å². The van der Waals surface area contributed by atoms with E-state index in [-0.39, 0.29) is 12.5 Å². The second-order valence-electron chi connectivity index (χ2n) is 2.67. The van der Waals surface area contributed by atoms with Gasteiger partial charge in [0.2, 0.25) is 0 Å². The van der Waals surface area contributed by atoms with Crippen molar-refractivity contribution in [1.82, 2.24) is 5.32 Å². The number of hydrogen-bond acceptors (Lipinski definition) is 3. The van der Waals surface area contributed by atoms with Crippen molar-refractivity contribution in [1.29, 1.82) is 0 Å². The number of benzene rings is 1. The van der Waals surface area contributed by atoms with E-state index in [2.05, 4.69) is 10.1 Å². The van der Waals surface area contributed by atoms with Crippen molar-refractivity contribution in [2.75, 3.05) is 13.7 Å². The minimum atomic E-state index is -0.240. The van der Waals surface area contributed by atoms with Crippen LogP contribution in [0.2, 0.25) is 0 Å². The Bertz CT molecular complexity index is 259. The van der Waals surface area contributed by atoms with Crippen molar-refractivity contribution in [2.24, 2.45) is 0 Å². The van der Waals surface area contributed by atoms with Gasteiger partial charge in [0.25, 0.3) is 0 Å². The molecule has 0 spiro atoms. The lowest BCUT2D eigenvalue weighted by molar-refractivity contribution is -0.139. The molecule has 0 heterocycles. The number of esters is 1. The van der Waals surface area contributed by atoms with Crippen LogP contribution in [0.3, 0.4) is 0 Å². The molecule has 1 N–H and O–H groups in total. The lowest BCUT2D eigenvalue weighted by Crippen LogP contribution is -2.23. The number of rotatable bonds is 4. The first-order chi connectivity index (χ1) is 6.33. The lowest BCUT2D eigenvalue weighted by atomic mass is 10.2. The quantitative estimate of drug-likeness (QED) is 0.553. The number of methoxy groups -OCH3 is 1. The van der Waals surface area contributed by atoms with Crippen LogP contribution in [0.25, 0.3) is 0 Å². The van der Waals surface area contributed by atoms with E-state index >= 15 is 0 Å². The summed E-state index contributed by atoms with van der Waals surface area (Å²) < 4.78 is 4.49. The maximum absolute atomic E-state index is 10.7. The SMILES string of the molecule is COC(=O)C[15NH]Cc1ccccc1. The second-order valence-corrected chi connectivity index (χ2v) is 2.67. The van der Waals surface area contributed by atoms with E-state index in [0.29, 0.717) is 6.54 Å². The first kappa shape index (κ1) is 9.74. The van der Waals surface area contributed by atoms with Gasteiger partial charge in [-0.25, -0.2) is 0 Å². The van der Waals surface area contributed by atoms with Gasteiger partial charge in [-0.2, -0.15) is 0 Å². The van der Waals surface area contributed by atoms with Gasteiger partial charge < -0.3 is 10.1 Å². The van der Waals surface area contributed by atoms with Crippen LogP contribution in [0.5, 0.6) is 0 Å². The standard InChI is InChI=1S/C10H13NO2/c1-13-10(12)8-11-7-9-5-3-2-4-6-9/h2-6,11H,7-8H2,1H3/i11+1. The average molecular weight is 180 g/mol. The molecule has 70 valence electrons. The number of hydrogen-bond donors (Lipinski definition) is 1. The Morgan fingerprint density at radius 1 is 1.38 bits per heavy atom. The molecular formula is C10H13NO2. The molecule has 0 bridgehead atoms. The highest BCUT2D eigenvalue weighted by Gasteiger charge is 1.97. The highest BCUT2D eigenvalue weighted by Crippen LogP contribution is 1.96. The molecule has 0 aliphatic rings. The van der Waals surface area contributed by atoms with Crippen molar-refractivity contribution in [3.63, 3.8) is 0 Å². The van der Waals surface area contributed by atoms with E-state index in [1.165, 1.54) is 7.11 Å². The molecule has 0 radical (unpaired) electrons. The number of ether oxygens (including phenoxy) is 1. The molecule has 0 amide bonds. The Morgan fingerprint density at radius 2 is 2.08 bits per heavy atom. The topological polar surface area (TPSA) is 38.3 Å². The smallest absolute Gasteiger partial charge is 0.319 e. The average Bonchev–Trinajstić information content (AvgIpc) is 2.19. The van der Waals surface area contributed by atoms with Gasteiger partial charge in [-0.3, -0.25) is 4.79 Å². The van der Waals surface area contributed by atoms with Crippen molar-refractivity contribution < 1.29 is 9.53 Å². The van der Waals surface area contributed by atoms with Crippen LogP contribution in [0.1, 0.15) is 5.56 Å². The summed E-state index contributed by atoms with van der Waals surface area (Å²) in [5, 5.41) is 2.98. The molecule has 1 rings (SSSR count). The molecule has 0 atom stereocenters. The van der Waals surface area contributed by atoms with Gasteiger partial charge >= 0.3 is 5.97 Å². The number of carbonyl (C=O) groups is 1. The molecule has 3 heteroatoms. The van der Waals surface area contributed by atoms with Gasteiger partial charge in [-0.1, -0.05) is 30.3 Å². The molecule has 0 unspecified atom stereocenters. The first-order valence-corrected chi connectivity index (χ1v) is 4.14. The molecule has 1 aromatic carbocycles. The van der Waals surface area contributed by atoms with Crippen LogP contribution < -0.4 is 5.32 Å². The second kappa shape index (κ2) is 5.32. The summed E-state index contributed by atoms with van der Waals surface area (Å²) in [5.41, 5.74) is 1.16. The zero-order valence-electron chi connectivity index (χ0n) is 7.62. The van der Waals surface area contributed by atoms with Crippen LogP contribution in [-0.2, 0) is 16.1 Å². The highest BCUT2D eigenvalue weighted by molar-refractivity contribution is 5.71. The van der Waals surface area contributed by atoms with Crippen LogP contribution in [0, 0.1) is 0 Å². The molecule has 3 nitrogen and oxygen atoms in total. The van der Waals surface area contributed by atoms with E-state index in [1.807, 2.05) is 30.3 Å². The summed E-state index contributed by atoms with van der Waals surface area (Å²) in [6, 6.07) is 9.91. The maximum atomic E-state index is 10.7. The minimum Gasteiger partial charge on any atom is -0.468 e. The molecular weight excluding hydrogens is 167 g/mol. The van der Waals surface area contributed by atoms with Gasteiger partial charge in [0, 0.05) is 6.54 Å². The monoisotopic (exact) mass is 180 g/mol. The third-order valence-electron chi connectivity index (χ3n) is 1.67. The predicted molar refractivity (Wildman–Crippen MR) is 50.2 cm³/mol. The first-order valence-electron chi connectivity index (χ1n) is 4.14. The highest BCUT2D eigenvalue weighted by atomic mass is 16.5. The molecule has 0 saturated heterocycles. The van der Waals surface area contributed by atoms with Gasteiger partial charge in [0.15, 0.2) is 0 Å². The fourth-order valence-electron chi connectivity index (χ4n) is 0.977. The zero-order chi connectivity index (χ0) is 9.52. The third kappa shape index (κ3) is 3.71. The summed E-state index contributed by atoms with van der Waals surface area (Å²) in [6.07, 6.45) is 0.